The van der Waals surface area contributed by atoms with Crippen LogP contribution in [0.2, 0.25) is 0 Å². The number of hydrogen-bond donors (Lipinski definition) is 0. The molecule has 1 nitrogen and oxygen atoms in total. The standard InChI is InChI=1S/C21H46N/c1-6-8-10-12-14-15-17-19-21(3)22(4,5)20-18-16-13-11-9-7-2/h21H,6-20H2,1-5H3/q+1. The molecule has 0 aliphatic carbocycles. The second kappa shape index (κ2) is 14.5. The van der Waals surface area contributed by atoms with Gasteiger partial charge in [0.2, 0.25) is 0 Å². The first kappa shape index (κ1) is 22.0. The van der Waals surface area contributed by atoms with Crippen molar-refractivity contribution >= 4 is 0 Å². The predicted octanol–water partition coefficient (Wildman–Crippen LogP) is 6.95. The molecule has 0 heterocycles. The third-order valence-electron chi connectivity index (χ3n) is 5.51. The van der Waals surface area contributed by atoms with E-state index in [2.05, 4.69) is 34.9 Å². The van der Waals surface area contributed by atoms with E-state index < -0.39 is 0 Å². The molecule has 0 N–H and O–H groups in total. The van der Waals surface area contributed by atoms with Crippen LogP contribution < -0.4 is 0 Å². The van der Waals surface area contributed by atoms with Crippen molar-refractivity contribution in [3.8, 4) is 0 Å². The highest BCUT2D eigenvalue weighted by Gasteiger charge is 2.22. The maximum Gasteiger partial charge on any atom is 0.0857 e. The smallest absolute Gasteiger partial charge is 0.0857 e. The zero-order chi connectivity index (χ0) is 16.7. The molecule has 0 aliphatic heterocycles. The van der Waals surface area contributed by atoms with Crippen molar-refractivity contribution < 1.29 is 4.48 Å². The van der Waals surface area contributed by atoms with Crippen LogP contribution in [-0.2, 0) is 0 Å². The summed E-state index contributed by atoms with van der Waals surface area (Å²) in [7, 11) is 4.88. The van der Waals surface area contributed by atoms with Crippen LogP contribution in [0.15, 0.2) is 0 Å². The van der Waals surface area contributed by atoms with Crippen LogP contribution in [-0.4, -0.2) is 31.2 Å². The van der Waals surface area contributed by atoms with Gasteiger partial charge in [0.15, 0.2) is 0 Å². The summed E-state index contributed by atoms with van der Waals surface area (Å²) in [6, 6.07) is 0.825. The second-order valence-corrected chi connectivity index (χ2v) is 8.03. The molecule has 0 saturated carbocycles. The Labute approximate surface area is 142 Å². The molecule has 0 aromatic heterocycles. The van der Waals surface area contributed by atoms with Gasteiger partial charge in [0.25, 0.3) is 0 Å². The molecule has 1 heteroatoms. The minimum Gasteiger partial charge on any atom is -0.326 e. The van der Waals surface area contributed by atoms with E-state index in [0.29, 0.717) is 0 Å². The largest absolute Gasteiger partial charge is 0.326 e. The summed E-state index contributed by atoms with van der Waals surface area (Å²) < 4.78 is 1.23. The van der Waals surface area contributed by atoms with Gasteiger partial charge in [-0.3, -0.25) is 0 Å². The Morgan fingerprint density at radius 3 is 1.50 bits per heavy atom. The highest BCUT2D eigenvalue weighted by atomic mass is 15.3. The van der Waals surface area contributed by atoms with Crippen LogP contribution in [0.1, 0.15) is 111 Å². The van der Waals surface area contributed by atoms with Gasteiger partial charge in [0.1, 0.15) is 0 Å². The van der Waals surface area contributed by atoms with E-state index >= 15 is 0 Å². The molecule has 0 rings (SSSR count). The topological polar surface area (TPSA) is 0 Å². The number of unbranched alkanes of at least 4 members (excludes halogenated alkanes) is 11. The zero-order valence-corrected chi connectivity index (χ0v) is 16.6. The minimum atomic E-state index is 0.825. The third-order valence-corrected chi connectivity index (χ3v) is 5.51. The zero-order valence-electron chi connectivity index (χ0n) is 16.6. The van der Waals surface area contributed by atoms with Crippen LogP contribution in [0.3, 0.4) is 0 Å². The summed E-state index contributed by atoms with van der Waals surface area (Å²) in [5, 5.41) is 0. The fourth-order valence-electron chi connectivity index (χ4n) is 3.27. The lowest BCUT2D eigenvalue weighted by atomic mass is 10.0. The summed E-state index contributed by atoms with van der Waals surface area (Å²) in [6.45, 7) is 8.43. The predicted molar refractivity (Wildman–Crippen MR) is 102 cm³/mol. The molecule has 0 aromatic carbocycles. The Balaban J connectivity index is 3.58. The molecule has 0 saturated heterocycles. The quantitative estimate of drug-likeness (QED) is 0.213. The summed E-state index contributed by atoms with van der Waals surface area (Å²) >= 11 is 0. The molecule has 0 fully saturated rings. The molecule has 0 amide bonds. The number of hydrogen-bond acceptors (Lipinski definition) is 0. The van der Waals surface area contributed by atoms with E-state index in [1.54, 1.807) is 0 Å². The van der Waals surface area contributed by atoms with Crippen molar-refractivity contribution in [3.05, 3.63) is 0 Å². The summed E-state index contributed by atoms with van der Waals surface area (Å²) in [5.74, 6) is 0. The first-order valence-corrected chi connectivity index (χ1v) is 10.4. The highest BCUT2D eigenvalue weighted by Crippen LogP contribution is 2.17. The summed E-state index contributed by atoms with van der Waals surface area (Å²) in [5.41, 5.74) is 0. The van der Waals surface area contributed by atoms with Crippen molar-refractivity contribution in [1.29, 1.82) is 0 Å². The minimum absolute atomic E-state index is 0.825. The van der Waals surface area contributed by atoms with Gasteiger partial charge in [-0.25, -0.2) is 0 Å². The molecule has 134 valence electrons. The normalized spacial score (nSPS) is 13.5. The Morgan fingerprint density at radius 1 is 0.591 bits per heavy atom. The van der Waals surface area contributed by atoms with Crippen LogP contribution >= 0.6 is 0 Å². The molecular weight excluding hydrogens is 266 g/mol. The van der Waals surface area contributed by atoms with Crippen molar-refractivity contribution in [3.63, 3.8) is 0 Å². The molecule has 0 aromatic rings. The number of nitrogens with zero attached hydrogens (tertiary/aromatic N) is 1. The van der Waals surface area contributed by atoms with E-state index in [9.17, 15) is 0 Å². The van der Waals surface area contributed by atoms with E-state index in [4.69, 9.17) is 0 Å². The van der Waals surface area contributed by atoms with Crippen molar-refractivity contribution in [2.75, 3.05) is 20.6 Å². The average molecular weight is 313 g/mol. The molecule has 1 atom stereocenters. The van der Waals surface area contributed by atoms with Gasteiger partial charge < -0.3 is 4.48 Å². The van der Waals surface area contributed by atoms with Gasteiger partial charge >= 0.3 is 0 Å². The fraction of sp³-hybridized carbons (Fsp3) is 1.00. The van der Waals surface area contributed by atoms with Gasteiger partial charge in [-0.2, -0.15) is 0 Å². The lowest BCUT2D eigenvalue weighted by molar-refractivity contribution is -0.913. The van der Waals surface area contributed by atoms with Crippen LogP contribution in [0.25, 0.3) is 0 Å². The van der Waals surface area contributed by atoms with Gasteiger partial charge in [0, 0.05) is 0 Å². The third kappa shape index (κ3) is 12.5. The molecule has 0 spiro atoms. The fourth-order valence-corrected chi connectivity index (χ4v) is 3.27. The van der Waals surface area contributed by atoms with Gasteiger partial charge in [-0.1, -0.05) is 78.1 Å². The Morgan fingerprint density at radius 2 is 1.00 bits per heavy atom. The SMILES string of the molecule is CCCCCCCCCC(C)[N+](C)(C)CCCCCCCC. The molecule has 0 aliphatic rings. The molecular formula is C21H46N+. The number of quaternary nitrogens is 1. The molecule has 0 radical (unpaired) electrons. The summed E-state index contributed by atoms with van der Waals surface area (Å²) in [4.78, 5) is 0. The lowest BCUT2D eigenvalue weighted by Crippen LogP contribution is -2.47. The summed E-state index contributed by atoms with van der Waals surface area (Å²) in [6.07, 6.45) is 20.0. The Bertz CT molecular complexity index is 222. The van der Waals surface area contributed by atoms with Gasteiger partial charge in [-0.05, 0) is 32.6 Å². The Hall–Kier alpha value is -0.0400. The van der Waals surface area contributed by atoms with Crippen LogP contribution in [0.4, 0.5) is 0 Å². The first-order chi connectivity index (χ1) is 10.5. The van der Waals surface area contributed by atoms with E-state index in [1.807, 2.05) is 0 Å². The van der Waals surface area contributed by atoms with E-state index in [0.717, 1.165) is 6.04 Å². The highest BCUT2D eigenvalue weighted by molar-refractivity contribution is 4.54. The Kier molecular flexibility index (Phi) is 14.5. The van der Waals surface area contributed by atoms with Crippen molar-refractivity contribution in [2.24, 2.45) is 0 Å². The average Bonchev–Trinajstić information content (AvgIpc) is 2.49. The maximum atomic E-state index is 2.47. The second-order valence-electron chi connectivity index (χ2n) is 8.03. The van der Waals surface area contributed by atoms with Crippen molar-refractivity contribution in [2.45, 2.75) is 117 Å². The molecule has 22 heavy (non-hydrogen) atoms. The van der Waals surface area contributed by atoms with Crippen LogP contribution in [0.5, 0.6) is 0 Å². The molecule has 1 unspecified atom stereocenters. The van der Waals surface area contributed by atoms with Crippen molar-refractivity contribution in [1.82, 2.24) is 0 Å². The van der Waals surface area contributed by atoms with Crippen LogP contribution in [0, 0.1) is 0 Å². The van der Waals surface area contributed by atoms with E-state index in [-0.39, 0.29) is 0 Å². The lowest BCUT2D eigenvalue weighted by Gasteiger charge is -2.36. The molecule has 0 bridgehead atoms. The number of rotatable bonds is 16. The van der Waals surface area contributed by atoms with E-state index in [1.165, 1.54) is 101 Å². The van der Waals surface area contributed by atoms with Gasteiger partial charge in [-0.15, -0.1) is 0 Å². The van der Waals surface area contributed by atoms with Gasteiger partial charge in [0.05, 0.1) is 26.7 Å². The first-order valence-electron chi connectivity index (χ1n) is 10.4. The maximum absolute atomic E-state index is 2.47. The monoisotopic (exact) mass is 312 g/mol.